The van der Waals surface area contributed by atoms with Gasteiger partial charge in [-0.1, -0.05) is 67.2 Å². The van der Waals surface area contributed by atoms with Gasteiger partial charge in [-0.25, -0.2) is 9.98 Å². The molecule has 1 aliphatic heterocycles. The van der Waals surface area contributed by atoms with Crippen LogP contribution < -0.4 is 0 Å². The fraction of sp³-hybridized carbons (Fsp3) is 0.0588. The predicted molar refractivity (Wildman–Crippen MR) is 79.8 cm³/mol. The first kappa shape index (κ1) is 11.6. The number of nitrogens with zero attached hydrogens (tertiary/aromatic N) is 2. The Morgan fingerprint density at radius 1 is 0.789 bits per heavy atom. The Morgan fingerprint density at radius 2 is 1.32 bits per heavy atom. The maximum Gasteiger partial charge on any atom is 0.140 e. The second kappa shape index (κ2) is 5.02. The summed E-state index contributed by atoms with van der Waals surface area (Å²) in [6.07, 6.45) is 1.72. The van der Waals surface area contributed by atoms with Crippen molar-refractivity contribution < 1.29 is 0 Å². The van der Waals surface area contributed by atoms with E-state index in [2.05, 4.69) is 40.8 Å². The van der Waals surface area contributed by atoms with E-state index in [-0.39, 0.29) is 5.92 Å². The van der Waals surface area contributed by atoms with Crippen LogP contribution >= 0.6 is 0 Å². The summed E-state index contributed by atoms with van der Waals surface area (Å²) in [5, 5.41) is 0. The Morgan fingerprint density at radius 3 is 1.74 bits per heavy atom. The highest BCUT2D eigenvalue weighted by atomic mass is 15.0. The molecule has 2 nitrogen and oxygen atoms in total. The fourth-order valence-electron chi connectivity index (χ4n) is 2.27. The summed E-state index contributed by atoms with van der Waals surface area (Å²) in [6, 6.07) is 20.6. The van der Waals surface area contributed by atoms with Crippen molar-refractivity contribution in [2.45, 2.75) is 5.92 Å². The Kier molecular flexibility index (Phi) is 3.07. The van der Waals surface area contributed by atoms with E-state index in [1.807, 2.05) is 36.4 Å². The molecule has 0 atom stereocenters. The molecule has 0 N–H and O–H groups in total. The Balaban J connectivity index is 2.10. The lowest BCUT2D eigenvalue weighted by Gasteiger charge is -2.16. The molecule has 92 valence electrons. The van der Waals surface area contributed by atoms with Gasteiger partial charge in [-0.3, -0.25) is 0 Å². The van der Waals surface area contributed by atoms with Crippen molar-refractivity contribution >= 4 is 12.1 Å². The molecular weight excluding hydrogens is 232 g/mol. The zero-order valence-electron chi connectivity index (χ0n) is 10.5. The van der Waals surface area contributed by atoms with Crippen LogP contribution in [0.15, 0.2) is 82.9 Å². The first-order valence-corrected chi connectivity index (χ1v) is 6.26. The van der Waals surface area contributed by atoms with Crippen molar-refractivity contribution in [3.63, 3.8) is 0 Å². The van der Waals surface area contributed by atoms with Crippen LogP contribution in [0.1, 0.15) is 17.0 Å². The van der Waals surface area contributed by atoms with Crippen LogP contribution in [0.25, 0.3) is 0 Å². The SMILES string of the molecule is C=C1C=NC(C(c2ccccc2)c2ccccc2)=N1. The van der Waals surface area contributed by atoms with Gasteiger partial charge in [0.15, 0.2) is 0 Å². The van der Waals surface area contributed by atoms with Gasteiger partial charge in [-0.15, -0.1) is 0 Å². The minimum atomic E-state index is 0.0675. The number of amidine groups is 1. The van der Waals surface area contributed by atoms with Crippen LogP contribution in [-0.2, 0) is 0 Å². The van der Waals surface area contributed by atoms with Crippen molar-refractivity contribution in [2.24, 2.45) is 9.98 Å². The summed E-state index contributed by atoms with van der Waals surface area (Å²) in [5.74, 6) is 0.875. The number of benzene rings is 2. The van der Waals surface area contributed by atoms with Gasteiger partial charge in [0.2, 0.25) is 0 Å². The molecule has 0 aliphatic carbocycles. The normalized spacial score (nSPS) is 13.9. The van der Waals surface area contributed by atoms with Crippen molar-refractivity contribution in [3.8, 4) is 0 Å². The standard InChI is InChI=1S/C17H14N2/c1-13-12-18-17(19-13)16(14-8-4-2-5-9-14)15-10-6-3-7-11-15/h2-12,16H,1H2. The van der Waals surface area contributed by atoms with Gasteiger partial charge >= 0.3 is 0 Å². The Labute approximate surface area is 112 Å². The monoisotopic (exact) mass is 246 g/mol. The molecule has 1 heterocycles. The van der Waals surface area contributed by atoms with E-state index in [9.17, 15) is 0 Å². The van der Waals surface area contributed by atoms with Crippen molar-refractivity contribution in [2.75, 3.05) is 0 Å². The maximum absolute atomic E-state index is 4.44. The van der Waals surface area contributed by atoms with Gasteiger partial charge in [0.1, 0.15) is 5.84 Å². The molecule has 19 heavy (non-hydrogen) atoms. The summed E-state index contributed by atoms with van der Waals surface area (Å²) in [5.41, 5.74) is 3.10. The third-order valence-electron chi connectivity index (χ3n) is 3.13. The van der Waals surface area contributed by atoms with Crippen molar-refractivity contribution in [1.29, 1.82) is 0 Å². The third-order valence-corrected chi connectivity index (χ3v) is 3.13. The number of hydrogen-bond acceptors (Lipinski definition) is 2. The van der Waals surface area contributed by atoms with E-state index in [1.165, 1.54) is 11.1 Å². The topological polar surface area (TPSA) is 24.7 Å². The summed E-state index contributed by atoms with van der Waals surface area (Å²) < 4.78 is 0. The van der Waals surface area contributed by atoms with Crippen LogP contribution in [0.4, 0.5) is 0 Å². The molecule has 0 fully saturated rings. The number of aliphatic imine (C=N–C) groups is 2. The zero-order chi connectivity index (χ0) is 13.1. The van der Waals surface area contributed by atoms with Gasteiger partial charge in [0.05, 0.1) is 17.8 Å². The minimum Gasteiger partial charge on any atom is -0.238 e. The van der Waals surface area contributed by atoms with Crippen molar-refractivity contribution in [3.05, 3.63) is 84.1 Å². The van der Waals surface area contributed by atoms with Gasteiger partial charge in [-0.05, 0) is 11.1 Å². The minimum absolute atomic E-state index is 0.0675. The van der Waals surface area contributed by atoms with Crippen LogP contribution in [0.5, 0.6) is 0 Å². The molecule has 0 saturated carbocycles. The van der Waals surface area contributed by atoms with E-state index in [1.54, 1.807) is 6.21 Å². The highest BCUT2D eigenvalue weighted by Gasteiger charge is 2.21. The third kappa shape index (κ3) is 2.38. The smallest absolute Gasteiger partial charge is 0.140 e. The summed E-state index contributed by atoms with van der Waals surface area (Å²) in [6.45, 7) is 3.84. The predicted octanol–water partition coefficient (Wildman–Crippen LogP) is 3.82. The highest BCUT2D eigenvalue weighted by molar-refractivity contribution is 6.05. The first-order chi connectivity index (χ1) is 9.34. The second-order valence-electron chi connectivity index (χ2n) is 4.47. The van der Waals surface area contributed by atoms with Crippen LogP contribution in [0, 0.1) is 0 Å². The average Bonchev–Trinajstić information content (AvgIpc) is 2.88. The number of allylic oxidation sites excluding steroid dienone is 1. The largest absolute Gasteiger partial charge is 0.238 e. The van der Waals surface area contributed by atoms with E-state index >= 15 is 0 Å². The van der Waals surface area contributed by atoms with Crippen molar-refractivity contribution in [1.82, 2.24) is 0 Å². The van der Waals surface area contributed by atoms with Gasteiger partial charge in [0.25, 0.3) is 0 Å². The summed E-state index contributed by atoms with van der Waals surface area (Å²) in [4.78, 5) is 8.84. The fourth-order valence-corrected chi connectivity index (χ4v) is 2.27. The van der Waals surface area contributed by atoms with E-state index in [0.29, 0.717) is 5.70 Å². The van der Waals surface area contributed by atoms with Gasteiger partial charge in [0, 0.05) is 0 Å². The van der Waals surface area contributed by atoms with E-state index in [4.69, 9.17) is 0 Å². The lowest BCUT2D eigenvalue weighted by Crippen LogP contribution is -2.10. The molecule has 2 heteroatoms. The second-order valence-corrected chi connectivity index (χ2v) is 4.47. The van der Waals surface area contributed by atoms with E-state index < -0.39 is 0 Å². The van der Waals surface area contributed by atoms with Crippen LogP contribution in [0.2, 0.25) is 0 Å². The molecular formula is C17H14N2. The molecule has 3 rings (SSSR count). The first-order valence-electron chi connectivity index (χ1n) is 6.26. The molecule has 1 aliphatic rings. The number of hydrogen-bond donors (Lipinski definition) is 0. The Hall–Kier alpha value is -2.48. The molecule has 0 radical (unpaired) electrons. The molecule has 0 aromatic heterocycles. The lowest BCUT2D eigenvalue weighted by molar-refractivity contribution is 1.06. The summed E-state index contributed by atoms with van der Waals surface area (Å²) in [7, 11) is 0. The van der Waals surface area contributed by atoms with Gasteiger partial charge in [-0.2, -0.15) is 0 Å². The summed E-state index contributed by atoms with van der Waals surface area (Å²) >= 11 is 0. The average molecular weight is 246 g/mol. The quantitative estimate of drug-likeness (QED) is 0.786. The lowest BCUT2D eigenvalue weighted by atomic mass is 9.90. The van der Waals surface area contributed by atoms with Gasteiger partial charge < -0.3 is 0 Å². The Bertz CT molecular complexity index is 600. The number of rotatable bonds is 3. The van der Waals surface area contributed by atoms with Crippen LogP contribution in [0.3, 0.4) is 0 Å². The van der Waals surface area contributed by atoms with Crippen LogP contribution in [-0.4, -0.2) is 12.1 Å². The molecule has 0 saturated heterocycles. The molecule has 0 spiro atoms. The molecule has 0 bridgehead atoms. The molecule has 0 unspecified atom stereocenters. The van der Waals surface area contributed by atoms with E-state index in [0.717, 1.165) is 5.84 Å². The molecule has 2 aromatic carbocycles. The highest BCUT2D eigenvalue weighted by Crippen LogP contribution is 2.28. The maximum atomic E-state index is 4.44. The molecule has 0 amide bonds. The zero-order valence-corrected chi connectivity index (χ0v) is 10.5. The molecule has 2 aromatic rings.